The van der Waals surface area contributed by atoms with E-state index in [4.69, 9.17) is 5.11 Å². The van der Waals surface area contributed by atoms with Crippen LogP contribution in [0.2, 0.25) is 0 Å². The van der Waals surface area contributed by atoms with Crippen molar-refractivity contribution in [3.05, 3.63) is 29.5 Å². The summed E-state index contributed by atoms with van der Waals surface area (Å²) in [5.74, 6) is -1.32. The molecule has 4 nitrogen and oxygen atoms in total. The summed E-state index contributed by atoms with van der Waals surface area (Å²) in [7, 11) is 0. The molecular weight excluding hydrogens is 216 g/mol. The number of benzene rings is 1. The number of nitrogens with zero attached hydrogens (tertiary/aromatic N) is 2. The predicted molar refractivity (Wildman–Crippen MR) is 66.2 cm³/mol. The molecule has 0 fully saturated rings. The van der Waals surface area contributed by atoms with Gasteiger partial charge in [0.15, 0.2) is 0 Å². The van der Waals surface area contributed by atoms with E-state index >= 15 is 0 Å². The number of hydrogen-bond donors (Lipinski definition) is 1. The molecule has 2 rings (SSSR count). The predicted octanol–water partition coefficient (Wildman–Crippen LogP) is 2.55. The van der Waals surface area contributed by atoms with Crippen LogP contribution >= 0.6 is 0 Å². The molecule has 0 aliphatic rings. The Kier molecular flexibility index (Phi) is 2.88. The molecule has 1 heterocycles. The quantitative estimate of drug-likeness (QED) is 0.884. The standard InChI is InChI=1S/C13H16N2O2/c1-4-15-12-10(8(2)13(16)17)6-5-7-11(12)9(3)14-15/h5-8H,4H2,1-3H3,(H,16,17). The maximum atomic E-state index is 11.1. The van der Waals surface area contributed by atoms with Crippen molar-refractivity contribution in [3.63, 3.8) is 0 Å². The number of aryl methyl sites for hydroxylation is 2. The second kappa shape index (κ2) is 4.20. The van der Waals surface area contributed by atoms with Gasteiger partial charge in [0.25, 0.3) is 0 Å². The van der Waals surface area contributed by atoms with Gasteiger partial charge in [-0.05, 0) is 26.3 Å². The van der Waals surface area contributed by atoms with Crippen LogP contribution in [0.4, 0.5) is 0 Å². The number of hydrogen-bond acceptors (Lipinski definition) is 2. The van der Waals surface area contributed by atoms with E-state index in [1.807, 2.05) is 36.7 Å². The summed E-state index contributed by atoms with van der Waals surface area (Å²) < 4.78 is 1.87. The van der Waals surface area contributed by atoms with Crippen molar-refractivity contribution in [1.29, 1.82) is 0 Å². The topological polar surface area (TPSA) is 55.1 Å². The van der Waals surface area contributed by atoms with Gasteiger partial charge >= 0.3 is 5.97 Å². The Morgan fingerprint density at radius 1 is 1.53 bits per heavy atom. The van der Waals surface area contributed by atoms with Gasteiger partial charge in [-0.1, -0.05) is 18.2 Å². The zero-order valence-electron chi connectivity index (χ0n) is 10.3. The van der Waals surface area contributed by atoms with Crippen molar-refractivity contribution in [1.82, 2.24) is 9.78 Å². The van der Waals surface area contributed by atoms with Crippen LogP contribution in [0.5, 0.6) is 0 Å². The molecule has 0 bridgehead atoms. The highest BCUT2D eigenvalue weighted by molar-refractivity contribution is 5.89. The van der Waals surface area contributed by atoms with E-state index in [9.17, 15) is 4.79 Å². The first kappa shape index (κ1) is 11.6. The fourth-order valence-corrected chi connectivity index (χ4v) is 2.14. The molecule has 1 atom stereocenters. The van der Waals surface area contributed by atoms with Crippen LogP contribution < -0.4 is 0 Å². The summed E-state index contributed by atoms with van der Waals surface area (Å²) >= 11 is 0. The van der Waals surface area contributed by atoms with Crippen LogP contribution in [0.3, 0.4) is 0 Å². The van der Waals surface area contributed by atoms with Crippen LogP contribution in [0.25, 0.3) is 10.9 Å². The summed E-state index contributed by atoms with van der Waals surface area (Å²) in [5, 5.41) is 14.6. The molecule has 2 aromatic rings. The van der Waals surface area contributed by atoms with Crippen molar-refractivity contribution < 1.29 is 9.90 Å². The van der Waals surface area contributed by atoms with Gasteiger partial charge in [0.1, 0.15) is 0 Å². The van der Waals surface area contributed by atoms with Crippen molar-refractivity contribution in [2.75, 3.05) is 0 Å². The molecule has 0 aliphatic heterocycles. The van der Waals surface area contributed by atoms with E-state index < -0.39 is 11.9 Å². The van der Waals surface area contributed by atoms with E-state index in [-0.39, 0.29) is 0 Å². The molecule has 4 heteroatoms. The van der Waals surface area contributed by atoms with E-state index in [1.165, 1.54) is 0 Å². The lowest BCUT2D eigenvalue weighted by molar-refractivity contribution is -0.138. The molecule has 90 valence electrons. The van der Waals surface area contributed by atoms with Gasteiger partial charge in [-0.15, -0.1) is 0 Å². The summed E-state index contributed by atoms with van der Waals surface area (Å²) in [6.45, 7) is 6.41. The first-order valence-electron chi connectivity index (χ1n) is 5.75. The highest BCUT2D eigenvalue weighted by Gasteiger charge is 2.19. The highest BCUT2D eigenvalue weighted by atomic mass is 16.4. The summed E-state index contributed by atoms with van der Waals surface area (Å²) in [6, 6.07) is 5.75. The third-order valence-electron chi connectivity index (χ3n) is 3.12. The van der Waals surface area contributed by atoms with Gasteiger partial charge in [-0.25, -0.2) is 0 Å². The van der Waals surface area contributed by atoms with Gasteiger partial charge in [0.2, 0.25) is 0 Å². The normalized spacial score (nSPS) is 12.9. The van der Waals surface area contributed by atoms with Crippen LogP contribution in [0, 0.1) is 6.92 Å². The zero-order valence-corrected chi connectivity index (χ0v) is 10.3. The number of rotatable bonds is 3. The Labute approximate surface area is 99.9 Å². The molecule has 0 aliphatic carbocycles. The molecular formula is C13H16N2O2. The summed E-state index contributed by atoms with van der Waals surface area (Å²) in [6.07, 6.45) is 0. The number of fused-ring (bicyclic) bond motifs is 1. The first-order chi connectivity index (χ1) is 8.06. The number of carbonyl (C=O) groups is 1. The average Bonchev–Trinajstić information content (AvgIpc) is 2.65. The minimum absolute atomic E-state index is 0.514. The van der Waals surface area contributed by atoms with Crippen molar-refractivity contribution in [2.24, 2.45) is 0 Å². The molecule has 0 amide bonds. The largest absolute Gasteiger partial charge is 0.481 e. The van der Waals surface area contributed by atoms with E-state index in [0.29, 0.717) is 0 Å². The number of aromatic nitrogens is 2. The van der Waals surface area contributed by atoms with Crippen molar-refractivity contribution in [2.45, 2.75) is 33.2 Å². The Morgan fingerprint density at radius 3 is 2.82 bits per heavy atom. The Hall–Kier alpha value is -1.84. The van der Waals surface area contributed by atoms with E-state index in [0.717, 1.165) is 28.7 Å². The second-order valence-electron chi connectivity index (χ2n) is 4.20. The maximum Gasteiger partial charge on any atom is 0.310 e. The fourth-order valence-electron chi connectivity index (χ4n) is 2.14. The monoisotopic (exact) mass is 232 g/mol. The van der Waals surface area contributed by atoms with Crippen molar-refractivity contribution >= 4 is 16.9 Å². The van der Waals surface area contributed by atoms with Crippen LogP contribution in [0.1, 0.15) is 31.0 Å². The van der Waals surface area contributed by atoms with Gasteiger partial charge in [0, 0.05) is 11.9 Å². The lowest BCUT2D eigenvalue weighted by Gasteiger charge is -2.10. The average molecular weight is 232 g/mol. The minimum atomic E-state index is -0.806. The number of carboxylic acid groups (broad SMARTS) is 1. The van der Waals surface area contributed by atoms with E-state index in [2.05, 4.69) is 5.10 Å². The number of para-hydroxylation sites is 1. The van der Waals surface area contributed by atoms with Gasteiger partial charge in [0.05, 0.1) is 17.1 Å². The third kappa shape index (κ3) is 1.79. The lowest BCUT2D eigenvalue weighted by Crippen LogP contribution is -2.09. The maximum absolute atomic E-state index is 11.1. The molecule has 0 spiro atoms. The molecule has 1 N–H and O–H groups in total. The van der Waals surface area contributed by atoms with Crippen LogP contribution in [0.15, 0.2) is 18.2 Å². The molecule has 17 heavy (non-hydrogen) atoms. The number of carboxylic acids is 1. The summed E-state index contributed by atoms with van der Waals surface area (Å²) in [5.41, 5.74) is 2.72. The van der Waals surface area contributed by atoms with Gasteiger partial charge in [-0.3, -0.25) is 9.48 Å². The van der Waals surface area contributed by atoms with Gasteiger partial charge < -0.3 is 5.11 Å². The van der Waals surface area contributed by atoms with Gasteiger partial charge in [-0.2, -0.15) is 5.10 Å². The molecule has 0 radical (unpaired) electrons. The molecule has 1 unspecified atom stereocenters. The fraction of sp³-hybridized carbons (Fsp3) is 0.385. The highest BCUT2D eigenvalue weighted by Crippen LogP contribution is 2.27. The SMILES string of the molecule is CCn1nc(C)c2cccc(C(C)C(=O)O)c21. The Balaban J connectivity index is 2.75. The van der Waals surface area contributed by atoms with E-state index in [1.54, 1.807) is 6.92 Å². The van der Waals surface area contributed by atoms with Crippen molar-refractivity contribution in [3.8, 4) is 0 Å². The molecule has 0 saturated heterocycles. The first-order valence-corrected chi connectivity index (χ1v) is 5.75. The zero-order chi connectivity index (χ0) is 12.6. The Bertz CT molecular complexity index is 572. The third-order valence-corrected chi connectivity index (χ3v) is 3.12. The number of aliphatic carboxylic acids is 1. The Morgan fingerprint density at radius 2 is 2.24 bits per heavy atom. The summed E-state index contributed by atoms with van der Waals surface area (Å²) in [4.78, 5) is 11.1. The smallest absolute Gasteiger partial charge is 0.310 e. The molecule has 0 saturated carbocycles. The van der Waals surface area contributed by atoms with Crippen LogP contribution in [-0.4, -0.2) is 20.9 Å². The van der Waals surface area contributed by atoms with Crippen LogP contribution in [-0.2, 0) is 11.3 Å². The minimum Gasteiger partial charge on any atom is -0.481 e. The molecule has 1 aromatic heterocycles. The lowest BCUT2D eigenvalue weighted by atomic mass is 9.98. The second-order valence-corrected chi connectivity index (χ2v) is 4.20. The molecule has 1 aromatic carbocycles.